The van der Waals surface area contributed by atoms with Crippen LogP contribution in [-0.2, 0) is 0 Å². The van der Waals surface area contributed by atoms with Crippen LogP contribution in [0.15, 0.2) is 23.8 Å². The molecule has 0 aliphatic carbocycles. The minimum atomic E-state index is 0.483. The SMILES string of the molecule is CC(C)/C(=C/c1c(Cl)cccc1Cl)CBr. The summed E-state index contributed by atoms with van der Waals surface area (Å²) in [7, 11) is 0. The molecule has 0 radical (unpaired) electrons. The number of alkyl halides is 1. The summed E-state index contributed by atoms with van der Waals surface area (Å²) in [4.78, 5) is 0. The summed E-state index contributed by atoms with van der Waals surface area (Å²) in [5.74, 6) is 0.483. The van der Waals surface area contributed by atoms with Gasteiger partial charge in [0.05, 0.1) is 0 Å². The second-order valence-electron chi connectivity index (χ2n) is 3.64. The average molecular weight is 308 g/mol. The first-order valence-electron chi connectivity index (χ1n) is 4.76. The zero-order chi connectivity index (χ0) is 11.4. The Kier molecular flexibility index (Phi) is 5.17. The van der Waals surface area contributed by atoms with E-state index in [9.17, 15) is 0 Å². The molecule has 0 bridgehead atoms. The second-order valence-corrected chi connectivity index (χ2v) is 5.02. The van der Waals surface area contributed by atoms with Crippen LogP contribution in [0.25, 0.3) is 6.08 Å². The highest BCUT2D eigenvalue weighted by molar-refractivity contribution is 9.09. The zero-order valence-corrected chi connectivity index (χ0v) is 11.8. The molecule has 0 saturated carbocycles. The Morgan fingerprint density at radius 1 is 1.33 bits per heavy atom. The molecule has 0 aromatic heterocycles. The highest BCUT2D eigenvalue weighted by atomic mass is 79.9. The van der Waals surface area contributed by atoms with Crippen molar-refractivity contribution in [2.75, 3.05) is 5.33 Å². The van der Waals surface area contributed by atoms with Gasteiger partial charge in [-0.3, -0.25) is 0 Å². The van der Waals surface area contributed by atoms with Crippen molar-refractivity contribution in [3.63, 3.8) is 0 Å². The first-order valence-corrected chi connectivity index (χ1v) is 6.64. The molecule has 0 atom stereocenters. The van der Waals surface area contributed by atoms with Crippen molar-refractivity contribution >= 4 is 45.2 Å². The number of allylic oxidation sites excluding steroid dienone is 1. The first kappa shape index (κ1) is 13.1. The molecule has 15 heavy (non-hydrogen) atoms. The van der Waals surface area contributed by atoms with Gasteiger partial charge in [0.15, 0.2) is 0 Å². The van der Waals surface area contributed by atoms with Crippen molar-refractivity contribution in [1.82, 2.24) is 0 Å². The first-order chi connectivity index (χ1) is 7.06. The molecule has 3 heteroatoms. The number of benzene rings is 1. The van der Waals surface area contributed by atoms with Gasteiger partial charge < -0.3 is 0 Å². The van der Waals surface area contributed by atoms with Crippen LogP contribution in [0.3, 0.4) is 0 Å². The molecule has 1 aromatic carbocycles. The Morgan fingerprint density at radius 2 is 1.87 bits per heavy atom. The Bertz CT molecular complexity index is 350. The van der Waals surface area contributed by atoms with Gasteiger partial charge >= 0.3 is 0 Å². The quantitative estimate of drug-likeness (QED) is 0.653. The molecule has 0 aliphatic heterocycles. The minimum absolute atomic E-state index is 0.483. The Labute approximate surface area is 109 Å². The fourth-order valence-electron chi connectivity index (χ4n) is 1.19. The Hall–Kier alpha value is 0.0200. The Balaban J connectivity index is 3.16. The second kappa shape index (κ2) is 5.93. The van der Waals surface area contributed by atoms with Crippen LogP contribution in [0.5, 0.6) is 0 Å². The van der Waals surface area contributed by atoms with Gasteiger partial charge in [0, 0.05) is 20.9 Å². The minimum Gasteiger partial charge on any atom is -0.0880 e. The average Bonchev–Trinajstić information content (AvgIpc) is 2.17. The van der Waals surface area contributed by atoms with E-state index in [0.717, 1.165) is 10.9 Å². The van der Waals surface area contributed by atoms with Crippen LogP contribution >= 0.6 is 39.1 Å². The van der Waals surface area contributed by atoms with Crippen LogP contribution in [0.2, 0.25) is 10.0 Å². The number of hydrogen-bond acceptors (Lipinski definition) is 0. The van der Waals surface area contributed by atoms with Gasteiger partial charge in [-0.1, -0.05) is 70.7 Å². The van der Waals surface area contributed by atoms with Crippen molar-refractivity contribution in [2.24, 2.45) is 5.92 Å². The van der Waals surface area contributed by atoms with E-state index in [1.807, 2.05) is 18.2 Å². The summed E-state index contributed by atoms with van der Waals surface area (Å²) in [5, 5.41) is 2.23. The predicted molar refractivity (Wildman–Crippen MR) is 73.1 cm³/mol. The van der Waals surface area contributed by atoms with Crippen molar-refractivity contribution in [3.8, 4) is 0 Å². The van der Waals surface area contributed by atoms with Gasteiger partial charge in [0.1, 0.15) is 0 Å². The molecule has 0 saturated heterocycles. The molecule has 0 unspecified atom stereocenters. The summed E-state index contributed by atoms with van der Waals surface area (Å²) in [6.07, 6.45) is 2.06. The molecular weight excluding hydrogens is 295 g/mol. The van der Waals surface area contributed by atoms with Crippen molar-refractivity contribution in [2.45, 2.75) is 13.8 Å². The third kappa shape index (κ3) is 3.51. The standard InChI is InChI=1S/C12H13BrCl2/c1-8(2)9(7-13)6-10-11(14)4-3-5-12(10)15/h3-6,8H,7H2,1-2H3/b9-6+. The van der Waals surface area contributed by atoms with E-state index in [0.29, 0.717) is 16.0 Å². The summed E-state index contributed by atoms with van der Waals surface area (Å²) in [5.41, 5.74) is 2.19. The fraction of sp³-hybridized carbons (Fsp3) is 0.333. The van der Waals surface area contributed by atoms with Crippen molar-refractivity contribution < 1.29 is 0 Å². The molecule has 0 N–H and O–H groups in total. The summed E-state index contributed by atoms with van der Waals surface area (Å²) in [6, 6.07) is 5.56. The zero-order valence-electron chi connectivity index (χ0n) is 8.73. The summed E-state index contributed by atoms with van der Waals surface area (Å²) in [6.45, 7) is 4.30. The van der Waals surface area contributed by atoms with Crippen LogP contribution in [0.4, 0.5) is 0 Å². The molecule has 0 amide bonds. The maximum atomic E-state index is 6.09. The lowest BCUT2D eigenvalue weighted by atomic mass is 10.0. The molecule has 0 fully saturated rings. The highest BCUT2D eigenvalue weighted by Crippen LogP contribution is 2.28. The number of hydrogen-bond donors (Lipinski definition) is 0. The van der Waals surface area contributed by atoms with Crippen LogP contribution < -0.4 is 0 Å². The van der Waals surface area contributed by atoms with E-state index in [4.69, 9.17) is 23.2 Å². The molecule has 1 aromatic rings. The maximum absolute atomic E-state index is 6.09. The number of halogens is 3. The van der Waals surface area contributed by atoms with E-state index in [1.165, 1.54) is 5.57 Å². The maximum Gasteiger partial charge on any atom is 0.0493 e. The molecular formula is C12H13BrCl2. The molecule has 0 spiro atoms. The molecule has 0 heterocycles. The summed E-state index contributed by atoms with van der Waals surface area (Å²) < 4.78 is 0. The fourth-order valence-corrected chi connectivity index (χ4v) is 2.51. The molecule has 0 nitrogen and oxygen atoms in total. The molecule has 1 rings (SSSR count). The van der Waals surface area contributed by atoms with Crippen LogP contribution in [-0.4, -0.2) is 5.33 Å². The van der Waals surface area contributed by atoms with Gasteiger partial charge in [-0.2, -0.15) is 0 Å². The van der Waals surface area contributed by atoms with Gasteiger partial charge in [0.25, 0.3) is 0 Å². The topological polar surface area (TPSA) is 0 Å². The normalized spacial score (nSPS) is 12.3. The molecule has 0 aliphatic rings. The van der Waals surface area contributed by atoms with Gasteiger partial charge in [0.2, 0.25) is 0 Å². The lowest BCUT2D eigenvalue weighted by Gasteiger charge is -2.09. The third-order valence-electron chi connectivity index (χ3n) is 2.23. The third-order valence-corrected chi connectivity index (χ3v) is 3.53. The van der Waals surface area contributed by atoms with Crippen molar-refractivity contribution in [3.05, 3.63) is 39.4 Å². The lowest BCUT2D eigenvalue weighted by Crippen LogP contribution is -1.95. The van der Waals surface area contributed by atoms with E-state index in [2.05, 4.69) is 35.9 Å². The van der Waals surface area contributed by atoms with E-state index in [1.54, 1.807) is 0 Å². The molecule has 82 valence electrons. The smallest absolute Gasteiger partial charge is 0.0493 e. The predicted octanol–water partition coefficient (Wildman–Crippen LogP) is 5.43. The highest BCUT2D eigenvalue weighted by Gasteiger charge is 2.06. The Morgan fingerprint density at radius 3 is 2.27 bits per heavy atom. The van der Waals surface area contributed by atoms with Gasteiger partial charge in [-0.25, -0.2) is 0 Å². The largest absolute Gasteiger partial charge is 0.0880 e. The van der Waals surface area contributed by atoms with Gasteiger partial charge in [-0.15, -0.1) is 0 Å². The van der Waals surface area contributed by atoms with Crippen LogP contribution in [0.1, 0.15) is 19.4 Å². The van der Waals surface area contributed by atoms with E-state index >= 15 is 0 Å². The number of rotatable bonds is 3. The van der Waals surface area contributed by atoms with E-state index < -0.39 is 0 Å². The van der Waals surface area contributed by atoms with E-state index in [-0.39, 0.29) is 0 Å². The van der Waals surface area contributed by atoms with Gasteiger partial charge in [-0.05, 0) is 18.1 Å². The summed E-state index contributed by atoms with van der Waals surface area (Å²) >= 11 is 15.7. The van der Waals surface area contributed by atoms with Crippen molar-refractivity contribution in [1.29, 1.82) is 0 Å². The lowest BCUT2D eigenvalue weighted by molar-refractivity contribution is 0.781. The van der Waals surface area contributed by atoms with Crippen LogP contribution in [0, 0.1) is 5.92 Å². The monoisotopic (exact) mass is 306 g/mol.